The molecule has 0 radical (unpaired) electrons. The van der Waals surface area contributed by atoms with E-state index in [9.17, 15) is 9.59 Å². The molecule has 1 aliphatic heterocycles. The number of hydrogen-bond donors (Lipinski definition) is 0. The Morgan fingerprint density at radius 3 is 2.83 bits per heavy atom. The summed E-state index contributed by atoms with van der Waals surface area (Å²) in [4.78, 5) is 27.1. The SMILES string of the molecule is COc1cccc(-c2ccc(=O)n(CC(=O)N3CCCc4cc(C)ccc43)n2)c1. The van der Waals surface area contributed by atoms with E-state index < -0.39 is 0 Å². The van der Waals surface area contributed by atoms with Crippen LogP contribution >= 0.6 is 0 Å². The zero-order valence-electron chi connectivity index (χ0n) is 16.6. The highest BCUT2D eigenvalue weighted by atomic mass is 16.5. The maximum absolute atomic E-state index is 13.0. The molecule has 148 valence electrons. The molecule has 0 saturated carbocycles. The van der Waals surface area contributed by atoms with Crippen LogP contribution in [0.3, 0.4) is 0 Å². The van der Waals surface area contributed by atoms with E-state index in [0.717, 1.165) is 24.1 Å². The zero-order valence-corrected chi connectivity index (χ0v) is 16.6. The molecule has 0 fully saturated rings. The van der Waals surface area contributed by atoms with Gasteiger partial charge in [-0.1, -0.05) is 29.8 Å². The molecule has 6 nitrogen and oxygen atoms in total. The summed E-state index contributed by atoms with van der Waals surface area (Å²) in [5, 5.41) is 4.42. The number of rotatable bonds is 4. The van der Waals surface area contributed by atoms with Crippen molar-refractivity contribution in [1.82, 2.24) is 9.78 Å². The lowest BCUT2D eigenvalue weighted by atomic mass is 9.99. The Labute approximate surface area is 169 Å². The van der Waals surface area contributed by atoms with Crippen LogP contribution in [0.15, 0.2) is 59.4 Å². The monoisotopic (exact) mass is 389 g/mol. The van der Waals surface area contributed by atoms with E-state index in [-0.39, 0.29) is 18.0 Å². The summed E-state index contributed by atoms with van der Waals surface area (Å²) in [7, 11) is 1.60. The fourth-order valence-corrected chi connectivity index (χ4v) is 3.70. The number of methoxy groups -OCH3 is 1. The second-order valence-electron chi connectivity index (χ2n) is 7.23. The molecule has 0 bridgehead atoms. The summed E-state index contributed by atoms with van der Waals surface area (Å²) >= 11 is 0. The first-order chi connectivity index (χ1) is 14.0. The third kappa shape index (κ3) is 3.92. The van der Waals surface area contributed by atoms with Gasteiger partial charge in [0.2, 0.25) is 5.91 Å². The lowest BCUT2D eigenvalue weighted by Gasteiger charge is -2.30. The highest BCUT2D eigenvalue weighted by Gasteiger charge is 2.23. The van der Waals surface area contributed by atoms with Crippen LogP contribution in [0.25, 0.3) is 11.3 Å². The first-order valence-electron chi connectivity index (χ1n) is 9.67. The largest absolute Gasteiger partial charge is 0.497 e. The molecular weight excluding hydrogens is 366 g/mol. The first kappa shape index (κ1) is 18.9. The second kappa shape index (κ2) is 7.91. The summed E-state index contributed by atoms with van der Waals surface area (Å²) < 4.78 is 6.49. The van der Waals surface area contributed by atoms with Crippen LogP contribution in [0.2, 0.25) is 0 Å². The molecule has 6 heteroatoms. The van der Waals surface area contributed by atoms with Crippen molar-refractivity contribution < 1.29 is 9.53 Å². The van der Waals surface area contributed by atoms with Crippen molar-refractivity contribution in [3.63, 3.8) is 0 Å². The minimum absolute atomic E-state index is 0.0933. The third-order valence-corrected chi connectivity index (χ3v) is 5.17. The van der Waals surface area contributed by atoms with E-state index in [1.807, 2.05) is 36.4 Å². The maximum atomic E-state index is 13.0. The molecule has 1 aromatic heterocycles. The molecule has 0 aliphatic carbocycles. The number of nitrogens with zero attached hydrogens (tertiary/aromatic N) is 3. The molecule has 1 amide bonds. The minimum atomic E-state index is -0.300. The topological polar surface area (TPSA) is 64.4 Å². The number of anilines is 1. The van der Waals surface area contributed by atoms with Gasteiger partial charge in [-0.05, 0) is 49.6 Å². The van der Waals surface area contributed by atoms with Crippen molar-refractivity contribution >= 4 is 11.6 Å². The molecule has 29 heavy (non-hydrogen) atoms. The molecule has 0 N–H and O–H groups in total. The molecule has 1 aliphatic rings. The van der Waals surface area contributed by atoms with E-state index in [1.165, 1.54) is 21.9 Å². The minimum Gasteiger partial charge on any atom is -0.497 e. The number of hydrogen-bond acceptors (Lipinski definition) is 4. The Hall–Kier alpha value is -3.41. The van der Waals surface area contributed by atoms with Gasteiger partial charge in [0.05, 0.1) is 12.8 Å². The number of carbonyl (C=O) groups is 1. The highest BCUT2D eigenvalue weighted by molar-refractivity contribution is 5.94. The number of benzene rings is 2. The van der Waals surface area contributed by atoms with Gasteiger partial charge in [0.15, 0.2) is 0 Å². The smallest absolute Gasteiger partial charge is 0.267 e. The summed E-state index contributed by atoms with van der Waals surface area (Å²) in [5.74, 6) is 0.575. The number of amides is 1. The van der Waals surface area contributed by atoms with Crippen LogP contribution < -0.4 is 15.2 Å². The lowest BCUT2D eigenvalue weighted by Crippen LogP contribution is -2.40. The number of ether oxygens (including phenoxy) is 1. The molecule has 0 atom stereocenters. The fourth-order valence-electron chi connectivity index (χ4n) is 3.70. The van der Waals surface area contributed by atoms with Crippen molar-refractivity contribution in [2.75, 3.05) is 18.6 Å². The summed E-state index contributed by atoms with van der Waals surface area (Å²) in [5.41, 5.74) is 4.43. The Bertz CT molecular complexity index is 1120. The maximum Gasteiger partial charge on any atom is 0.267 e. The Morgan fingerprint density at radius 2 is 2.00 bits per heavy atom. The molecule has 2 aromatic carbocycles. The van der Waals surface area contributed by atoms with Gasteiger partial charge in [-0.2, -0.15) is 5.10 Å². The number of fused-ring (bicyclic) bond motifs is 1. The van der Waals surface area contributed by atoms with E-state index in [2.05, 4.69) is 18.1 Å². The molecule has 0 unspecified atom stereocenters. The Morgan fingerprint density at radius 1 is 1.14 bits per heavy atom. The lowest BCUT2D eigenvalue weighted by molar-refractivity contribution is -0.119. The summed E-state index contributed by atoms with van der Waals surface area (Å²) in [6.07, 6.45) is 1.87. The Balaban J connectivity index is 1.62. The van der Waals surface area contributed by atoms with E-state index in [0.29, 0.717) is 18.0 Å². The highest BCUT2D eigenvalue weighted by Crippen LogP contribution is 2.28. The van der Waals surface area contributed by atoms with Crippen LogP contribution in [0.4, 0.5) is 5.69 Å². The Kier molecular flexibility index (Phi) is 5.16. The third-order valence-electron chi connectivity index (χ3n) is 5.17. The average Bonchev–Trinajstić information content (AvgIpc) is 2.74. The van der Waals surface area contributed by atoms with Gasteiger partial charge in [0, 0.05) is 23.9 Å². The van der Waals surface area contributed by atoms with Gasteiger partial charge in [-0.25, -0.2) is 4.68 Å². The molecule has 2 heterocycles. The van der Waals surface area contributed by atoms with Crippen molar-refractivity contribution in [1.29, 1.82) is 0 Å². The van der Waals surface area contributed by atoms with Crippen LogP contribution in [0.5, 0.6) is 5.75 Å². The number of carbonyl (C=O) groups excluding carboxylic acids is 1. The second-order valence-corrected chi connectivity index (χ2v) is 7.23. The van der Waals surface area contributed by atoms with E-state index >= 15 is 0 Å². The molecule has 0 spiro atoms. The number of aryl methyl sites for hydroxylation is 2. The summed E-state index contributed by atoms with van der Waals surface area (Å²) in [6.45, 7) is 2.61. The molecule has 3 aromatic rings. The van der Waals surface area contributed by atoms with Crippen molar-refractivity contribution in [3.8, 4) is 17.0 Å². The van der Waals surface area contributed by atoms with Crippen molar-refractivity contribution in [3.05, 3.63) is 76.1 Å². The van der Waals surface area contributed by atoms with Gasteiger partial charge in [-0.3, -0.25) is 9.59 Å². The van der Waals surface area contributed by atoms with Gasteiger partial charge in [-0.15, -0.1) is 0 Å². The van der Waals surface area contributed by atoms with Gasteiger partial charge >= 0.3 is 0 Å². The van der Waals surface area contributed by atoms with Crippen molar-refractivity contribution in [2.45, 2.75) is 26.3 Å². The molecule has 4 rings (SSSR count). The van der Waals surface area contributed by atoms with Crippen LogP contribution in [0, 0.1) is 6.92 Å². The van der Waals surface area contributed by atoms with Crippen molar-refractivity contribution in [2.24, 2.45) is 0 Å². The van der Waals surface area contributed by atoms with Crippen LogP contribution in [0.1, 0.15) is 17.5 Å². The first-order valence-corrected chi connectivity index (χ1v) is 9.67. The normalized spacial score (nSPS) is 13.1. The molecular formula is C23H23N3O3. The van der Waals surface area contributed by atoms with Gasteiger partial charge in [0.1, 0.15) is 12.3 Å². The quantitative estimate of drug-likeness (QED) is 0.687. The standard InChI is InChI=1S/C23H23N3O3/c1-16-8-10-21-18(13-16)6-4-12-25(21)23(28)15-26-22(27)11-9-20(24-26)17-5-3-7-19(14-17)29-2/h3,5,7-11,13-14H,4,6,12,15H2,1-2H3. The molecule has 0 saturated heterocycles. The average molecular weight is 389 g/mol. The summed E-state index contributed by atoms with van der Waals surface area (Å²) in [6, 6.07) is 16.7. The fraction of sp³-hybridized carbons (Fsp3) is 0.261. The van der Waals surface area contributed by atoms with E-state index in [4.69, 9.17) is 4.74 Å². The number of aromatic nitrogens is 2. The zero-order chi connectivity index (χ0) is 20.4. The van der Waals surface area contributed by atoms with Crippen LogP contribution in [-0.2, 0) is 17.8 Å². The van der Waals surface area contributed by atoms with E-state index in [1.54, 1.807) is 18.1 Å². The predicted octanol–water partition coefficient (Wildman–Crippen LogP) is 3.21. The van der Waals surface area contributed by atoms with Gasteiger partial charge in [0.25, 0.3) is 5.56 Å². The van der Waals surface area contributed by atoms with Gasteiger partial charge < -0.3 is 9.64 Å². The predicted molar refractivity (Wildman–Crippen MR) is 112 cm³/mol. The van der Waals surface area contributed by atoms with Crippen LogP contribution in [-0.4, -0.2) is 29.3 Å².